The van der Waals surface area contributed by atoms with Gasteiger partial charge in [-0.2, -0.15) is 5.26 Å². The van der Waals surface area contributed by atoms with Crippen LogP contribution in [0.1, 0.15) is 46.7 Å². The second-order valence-electron chi connectivity index (χ2n) is 8.87. The summed E-state index contributed by atoms with van der Waals surface area (Å²) in [6.07, 6.45) is 5.14. The molecule has 0 unspecified atom stereocenters. The maximum Gasteiger partial charge on any atom is 0.259 e. The van der Waals surface area contributed by atoms with E-state index >= 15 is 0 Å². The van der Waals surface area contributed by atoms with Crippen LogP contribution in [0, 0.1) is 11.3 Å². The van der Waals surface area contributed by atoms with Crippen LogP contribution in [0.25, 0.3) is 10.2 Å². The topological polar surface area (TPSA) is 93.1 Å². The summed E-state index contributed by atoms with van der Waals surface area (Å²) < 4.78 is 0. The number of carbonyl (C=O) groups excluding carboxylic acids is 1. The van der Waals surface area contributed by atoms with Gasteiger partial charge in [-0.1, -0.05) is 12.1 Å². The van der Waals surface area contributed by atoms with Crippen molar-refractivity contribution in [3.05, 3.63) is 62.0 Å². The van der Waals surface area contributed by atoms with Crippen LogP contribution >= 0.6 is 11.3 Å². The van der Waals surface area contributed by atoms with Gasteiger partial charge in [0.15, 0.2) is 0 Å². The first kappa shape index (κ1) is 21.8. The normalized spacial score (nSPS) is 16.5. The summed E-state index contributed by atoms with van der Waals surface area (Å²) >= 11 is 1.65. The average Bonchev–Trinajstić information content (AvgIpc) is 3.22. The highest BCUT2D eigenvalue weighted by molar-refractivity contribution is 7.18. The highest BCUT2D eigenvalue weighted by Gasteiger charge is 2.22. The van der Waals surface area contributed by atoms with E-state index in [9.17, 15) is 9.59 Å². The number of aromatic amines is 1. The molecule has 1 fully saturated rings. The summed E-state index contributed by atoms with van der Waals surface area (Å²) in [7, 11) is 0. The maximum absolute atomic E-state index is 12.8. The number of carbonyl (C=O) groups is 1. The van der Waals surface area contributed by atoms with E-state index in [2.05, 4.69) is 16.0 Å². The summed E-state index contributed by atoms with van der Waals surface area (Å²) in [5.74, 6) is 0.722. The van der Waals surface area contributed by atoms with Crippen molar-refractivity contribution in [2.24, 2.45) is 0 Å². The SMILES string of the molecule is N#Cc1ccc(CN2CCN(C(=O)CCc3nc4sc5c(c4c(=O)[nH]3)CCCC5)CC2)cc1. The number of benzene rings is 1. The fourth-order valence-corrected chi connectivity index (χ4v) is 6.09. The van der Waals surface area contributed by atoms with Gasteiger partial charge in [0.25, 0.3) is 5.56 Å². The molecule has 1 N–H and O–H groups in total. The van der Waals surface area contributed by atoms with E-state index in [1.807, 2.05) is 29.2 Å². The van der Waals surface area contributed by atoms with Crippen molar-refractivity contribution in [3.8, 4) is 6.07 Å². The molecule has 1 aromatic carbocycles. The lowest BCUT2D eigenvalue weighted by atomic mass is 9.97. The Balaban J connectivity index is 1.15. The van der Waals surface area contributed by atoms with E-state index < -0.39 is 0 Å². The molecule has 0 bridgehead atoms. The molecular weight excluding hydrogens is 434 g/mol. The zero-order valence-corrected chi connectivity index (χ0v) is 19.4. The van der Waals surface area contributed by atoms with Gasteiger partial charge in [-0.3, -0.25) is 14.5 Å². The molecule has 33 heavy (non-hydrogen) atoms. The number of hydrogen-bond donors (Lipinski definition) is 1. The molecular formula is C25H27N5O2S. The van der Waals surface area contributed by atoms with Gasteiger partial charge in [0, 0.05) is 50.4 Å². The molecule has 1 aliphatic carbocycles. The number of hydrogen-bond acceptors (Lipinski definition) is 6. The Morgan fingerprint density at radius 2 is 1.88 bits per heavy atom. The summed E-state index contributed by atoms with van der Waals surface area (Å²) in [5.41, 5.74) is 2.98. The molecule has 8 heteroatoms. The van der Waals surface area contributed by atoms with Crippen LogP contribution in [0.15, 0.2) is 29.1 Å². The van der Waals surface area contributed by atoms with E-state index in [4.69, 9.17) is 10.2 Å². The maximum atomic E-state index is 12.8. The van der Waals surface area contributed by atoms with E-state index in [-0.39, 0.29) is 11.5 Å². The fraction of sp³-hybridized carbons (Fsp3) is 0.440. The number of H-pyrrole nitrogens is 1. The zero-order chi connectivity index (χ0) is 22.8. The van der Waals surface area contributed by atoms with Gasteiger partial charge >= 0.3 is 0 Å². The third-order valence-electron chi connectivity index (χ3n) is 6.66. The number of amides is 1. The Labute approximate surface area is 196 Å². The molecule has 0 spiro atoms. The minimum absolute atomic E-state index is 0.0572. The summed E-state index contributed by atoms with van der Waals surface area (Å²) in [5, 5.41) is 9.69. The first-order valence-corrected chi connectivity index (χ1v) is 12.4. The van der Waals surface area contributed by atoms with Crippen LogP contribution in [0.5, 0.6) is 0 Å². The number of fused-ring (bicyclic) bond motifs is 3. The summed E-state index contributed by atoms with van der Waals surface area (Å²) in [6.45, 7) is 3.89. The van der Waals surface area contributed by atoms with Crippen molar-refractivity contribution in [3.63, 3.8) is 0 Å². The van der Waals surface area contributed by atoms with Gasteiger partial charge in [-0.15, -0.1) is 11.3 Å². The molecule has 1 saturated heterocycles. The standard InChI is InChI=1S/C25H27N5O2S/c26-15-17-5-7-18(8-6-17)16-29-11-13-30(14-12-29)22(31)10-9-21-27-24(32)23-19-3-1-2-4-20(19)33-25(23)28-21/h5-8H,1-4,9-14,16H2,(H,27,28,32). The number of nitrogens with one attached hydrogen (secondary N) is 1. The number of piperazine rings is 1. The first-order chi connectivity index (χ1) is 16.1. The highest BCUT2D eigenvalue weighted by Crippen LogP contribution is 2.33. The Kier molecular flexibility index (Phi) is 6.25. The number of rotatable bonds is 5. The second-order valence-corrected chi connectivity index (χ2v) is 9.95. The Morgan fingerprint density at radius 1 is 1.12 bits per heavy atom. The molecule has 0 saturated carbocycles. The number of aromatic nitrogens is 2. The molecule has 1 amide bonds. The van der Waals surface area contributed by atoms with Crippen LogP contribution in [0.3, 0.4) is 0 Å². The predicted octanol–water partition coefficient (Wildman–Crippen LogP) is 3.01. The summed E-state index contributed by atoms with van der Waals surface area (Å²) in [4.78, 5) is 39.5. The van der Waals surface area contributed by atoms with Gasteiger partial charge in [-0.25, -0.2) is 4.98 Å². The van der Waals surface area contributed by atoms with Crippen LogP contribution in [0.4, 0.5) is 0 Å². The van der Waals surface area contributed by atoms with Crippen LogP contribution in [-0.4, -0.2) is 51.9 Å². The monoisotopic (exact) mass is 461 g/mol. The van der Waals surface area contributed by atoms with Crippen LogP contribution in [-0.2, 0) is 30.6 Å². The largest absolute Gasteiger partial charge is 0.340 e. The smallest absolute Gasteiger partial charge is 0.259 e. The Hall–Kier alpha value is -3.02. The minimum atomic E-state index is -0.0572. The van der Waals surface area contributed by atoms with E-state index in [0.29, 0.717) is 37.3 Å². The molecule has 2 aromatic heterocycles. The quantitative estimate of drug-likeness (QED) is 0.631. The van der Waals surface area contributed by atoms with Crippen LogP contribution < -0.4 is 5.56 Å². The minimum Gasteiger partial charge on any atom is -0.340 e. The highest BCUT2D eigenvalue weighted by atomic mass is 32.1. The zero-order valence-electron chi connectivity index (χ0n) is 18.6. The van der Waals surface area contributed by atoms with Gasteiger partial charge < -0.3 is 9.88 Å². The van der Waals surface area contributed by atoms with Crippen molar-refractivity contribution in [2.75, 3.05) is 26.2 Å². The van der Waals surface area contributed by atoms with Gasteiger partial charge in [0.1, 0.15) is 10.7 Å². The average molecular weight is 462 g/mol. The number of nitrogens with zero attached hydrogens (tertiary/aromatic N) is 4. The molecule has 1 aliphatic heterocycles. The van der Waals surface area contributed by atoms with E-state index in [1.54, 1.807) is 11.3 Å². The number of thiophene rings is 1. The molecule has 3 heterocycles. The molecule has 0 atom stereocenters. The molecule has 5 rings (SSSR count). The molecule has 0 radical (unpaired) electrons. The van der Waals surface area contributed by atoms with Gasteiger partial charge in [-0.05, 0) is 48.9 Å². The third kappa shape index (κ3) is 4.70. The molecule has 3 aromatic rings. The van der Waals surface area contributed by atoms with Gasteiger partial charge in [0.2, 0.25) is 5.91 Å². The second kappa shape index (κ2) is 9.46. The third-order valence-corrected chi connectivity index (χ3v) is 7.85. The molecule has 2 aliphatic rings. The van der Waals surface area contributed by atoms with E-state index in [0.717, 1.165) is 49.1 Å². The van der Waals surface area contributed by atoms with Crippen LogP contribution in [0.2, 0.25) is 0 Å². The molecule has 7 nitrogen and oxygen atoms in total. The Bertz CT molecular complexity index is 1260. The molecule has 170 valence electrons. The first-order valence-electron chi connectivity index (χ1n) is 11.6. The van der Waals surface area contributed by atoms with Crippen molar-refractivity contribution in [2.45, 2.75) is 45.1 Å². The number of nitriles is 1. The van der Waals surface area contributed by atoms with Crippen molar-refractivity contribution < 1.29 is 4.79 Å². The van der Waals surface area contributed by atoms with Gasteiger partial charge in [0.05, 0.1) is 17.0 Å². The predicted molar refractivity (Wildman–Crippen MR) is 128 cm³/mol. The lowest BCUT2D eigenvalue weighted by molar-refractivity contribution is -0.133. The number of aryl methyl sites for hydroxylation is 3. The van der Waals surface area contributed by atoms with E-state index in [1.165, 1.54) is 22.4 Å². The lowest BCUT2D eigenvalue weighted by Crippen LogP contribution is -2.48. The Morgan fingerprint density at radius 3 is 2.64 bits per heavy atom. The van der Waals surface area contributed by atoms with Crippen molar-refractivity contribution in [1.82, 2.24) is 19.8 Å². The fourth-order valence-electron chi connectivity index (χ4n) is 4.81. The van der Waals surface area contributed by atoms with Crippen molar-refractivity contribution >= 4 is 27.5 Å². The summed E-state index contributed by atoms with van der Waals surface area (Å²) in [6, 6.07) is 9.81. The lowest BCUT2D eigenvalue weighted by Gasteiger charge is -2.34. The van der Waals surface area contributed by atoms with Crippen molar-refractivity contribution in [1.29, 1.82) is 5.26 Å².